The lowest BCUT2D eigenvalue weighted by molar-refractivity contribution is 0.384. The molecular weight excluding hydrogens is 273 g/mol. The van der Waals surface area contributed by atoms with Gasteiger partial charge < -0.3 is 0 Å². The first-order valence-corrected chi connectivity index (χ1v) is 4.34. The zero-order valence-electron chi connectivity index (χ0n) is 6.93. The maximum Gasteiger partial charge on any atom is 0.200 e. The number of hydrogen-bond donors (Lipinski definition) is 0. The lowest BCUT2D eigenvalue weighted by Gasteiger charge is -2.02. The first kappa shape index (κ1) is 17.9. The van der Waals surface area contributed by atoms with E-state index in [0.29, 0.717) is 0 Å². The molecule has 0 bridgehead atoms. The quantitative estimate of drug-likeness (QED) is 0.225. The second-order valence-electron chi connectivity index (χ2n) is 2.08. The molecule has 0 N–H and O–H groups in total. The summed E-state index contributed by atoms with van der Waals surface area (Å²) in [7, 11) is 4.56. The molecule has 2 radical (unpaired) electrons. The van der Waals surface area contributed by atoms with Crippen LogP contribution in [0.15, 0.2) is 0 Å². The van der Waals surface area contributed by atoms with Crippen molar-refractivity contribution >= 4 is 36.5 Å². The Hall–Kier alpha value is -0.485. The van der Waals surface area contributed by atoms with Crippen LogP contribution in [0.2, 0.25) is 0 Å². The van der Waals surface area contributed by atoms with Gasteiger partial charge in [-0.15, -0.1) is 23.2 Å². The minimum atomic E-state index is -2.21. The Morgan fingerprint density at radius 3 is 1.19 bits per heavy atom. The third-order valence-electron chi connectivity index (χ3n) is 1.24. The number of alkyl halides is 2. The van der Waals surface area contributed by atoms with E-state index in [2.05, 4.69) is 7.85 Å². The topological polar surface area (TPSA) is 0 Å². The lowest BCUT2D eigenvalue weighted by atomic mass is 9.94. The molecular formula is C8H6BCl2F5. The predicted octanol–water partition coefficient (Wildman–Crippen LogP) is 3.23. The van der Waals surface area contributed by atoms with Gasteiger partial charge >= 0.3 is 0 Å². The number of hydrogen-bond acceptors (Lipinski definition) is 0. The van der Waals surface area contributed by atoms with Gasteiger partial charge in [0.15, 0.2) is 29.1 Å². The molecule has 0 spiro atoms. The molecule has 0 aliphatic carbocycles. The highest BCUT2D eigenvalue weighted by Gasteiger charge is 2.22. The molecule has 0 unspecified atom stereocenters. The highest BCUT2D eigenvalue weighted by molar-refractivity contribution is 6.40. The van der Waals surface area contributed by atoms with Crippen molar-refractivity contribution in [3.05, 3.63) is 29.1 Å². The van der Waals surface area contributed by atoms with Crippen molar-refractivity contribution in [2.24, 2.45) is 0 Å². The van der Waals surface area contributed by atoms with Crippen LogP contribution in [0.1, 0.15) is 7.43 Å². The minimum Gasteiger partial charge on any atom is -0.204 e. The third kappa shape index (κ3) is 3.83. The Balaban J connectivity index is 0. The molecule has 8 heteroatoms. The van der Waals surface area contributed by atoms with Gasteiger partial charge in [0.2, 0.25) is 0 Å². The zero-order valence-corrected chi connectivity index (χ0v) is 8.44. The van der Waals surface area contributed by atoms with Gasteiger partial charge in [0.25, 0.3) is 0 Å². The lowest BCUT2D eigenvalue weighted by Crippen LogP contribution is -2.20. The predicted molar refractivity (Wildman–Crippen MR) is 54.9 cm³/mol. The molecule has 0 saturated carbocycles. The fourth-order valence-corrected chi connectivity index (χ4v) is 0.622. The normalized spacial score (nSPS) is 8.94. The van der Waals surface area contributed by atoms with Crippen LogP contribution < -0.4 is 5.46 Å². The standard InChI is InChI=1S/C6BF5.CH2Cl2.CH4/c7-1-2(8)4(10)6(12)5(11)3(1)9;2-1-3;/h;1H2;1H4. The van der Waals surface area contributed by atoms with Gasteiger partial charge in [0.05, 0.1) is 5.34 Å². The second kappa shape index (κ2) is 7.73. The van der Waals surface area contributed by atoms with Crippen molar-refractivity contribution < 1.29 is 22.0 Å². The van der Waals surface area contributed by atoms with Crippen molar-refractivity contribution in [1.29, 1.82) is 0 Å². The summed E-state index contributed by atoms with van der Waals surface area (Å²) >= 11 is 9.53. The first-order chi connectivity index (χ1) is 6.88. The van der Waals surface area contributed by atoms with E-state index in [9.17, 15) is 22.0 Å². The third-order valence-corrected chi connectivity index (χ3v) is 1.24. The van der Waals surface area contributed by atoms with Crippen LogP contribution in [0.5, 0.6) is 0 Å². The van der Waals surface area contributed by atoms with Crippen LogP contribution in [0, 0.1) is 29.1 Å². The highest BCUT2D eigenvalue weighted by atomic mass is 35.5. The van der Waals surface area contributed by atoms with Gasteiger partial charge in [-0.25, -0.2) is 22.0 Å². The molecule has 0 aliphatic heterocycles. The number of benzene rings is 1. The summed E-state index contributed by atoms with van der Waals surface area (Å²) in [5, 5.41) is 0.194. The number of rotatable bonds is 0. The molecule has 90 valence electrons. The van der Waals surface area contributed by atoms with Crippen molar-refractivity contribution in [1.82, 2.24) is 0 Å². The minimum absolute atomic E-state index is 0. The molecule has 0 heterocycles. The van der Waals surface area contributed by atoms with Crippen LogP contribution in [-0.4, -0.2) is 13.2 Å². The van der Waals surface area contributed by atoms with Gasteiger partial charge in [0, 0.05) is 0 Å². The fourth-order valence-electron chi connectivity index (χ4n) is 0.622. The van der Waals surface area contributed by atoms with E-state index in [1.165, 1.54) is 0 Å². The van der Waals surface area contributed by atoms with E-state index in [4.69, 9.17) is 23.2 Å². The van der Waals surface area contributed by atoms with E-state index in [1.54, 1.807) is 0 Å². The summed E-state index contributed by atoms with van der Waals surface area (Å²) in [6, 6.07) is 0. The Kier molecular flexibility index (Phi) is 8.65. The molecule has 0 nitrogen and oxygen atoms in total. The summed E-state index contributed by atoms with van der Waals surface area (Å²) in [5.74, 6) is -10.3. The van der Waals surface area contributed by atoms with Crippen LogP contribution in [0.3, 0.4) is 0 Å². The molecule has 0 aliphatic rings. The summed E-state index contributed by atoms with van der Waals surface area (Å²) in [6.45, 7) is 0. The van der Waals surface area contributed by atoms with Gasteiger partial charge in [-0.05, 0) is 5.46 Å². The smallest absolute Gasteiger partial charge is 0.200 e. The van der Waals surface area contributed by atoms with E-state index in [-0.39, 0.29) is 12.8 Å². The maximum absolute atomic E-state index is 12.3. The van der Waals surface area contributed by atoms with E-state index in [1.807, 2.05) is 0 Å². The number of halogens is 7. The van der Waals surface area contributed by atoms with E-state index >= 15 is 0 Å². The van der Waals surface area contributed by atoms with Crippen LogP contribution in [0.25, 0.3) is 0 Å². The SMILES string of the molecule is C.ClCCl.[B]c1c(F)c(F)c(F)c(F)c1F. The zero-order chi connectivity index (χ0) is 12.2. The van der Waals surface area contributed by atoms with Crippen molar-refractivity contribution in [3.8, 4) is 0 Å². The summed E-state index contributed by atoms with van der Waals surface area (Å²) in [6.07, 6.45) is 0. The molecule has 1 aromatic rings. The molecule has 16 heavy (non-hydrogen) atoms. The average molecular weight is 279 g/mol. The Labute approximate surface area is 101 Å². The summed E-state index contributed by atoms with van der Waals surface area (Å²) in [5.41, 5.74) is -1.37. The highest BCUT2D eigenvalue weighted by Crippen LogP contribution is 2.14. The van der Waals surface area contributed by atoms with E-state index < -0.39 is 34.5 Å². The average Bonchev–Trinajstić information content (AvgIpc) is 2.22. The van der Waals surface area contributed by atoms with Crippen LogP contribution in [0.4, 0.5) is 22.0 Å². The largest absolute Gasteiger partial charge is 0.204 e. The molecule has 0 amide bonds. The maximum atomic E-state index is 12.3. The Bertz CT molecular complexity index is 254. The fraction of sp³-hybridized carbons (Fsp3) is 0.250. The van der Waals surface area contributed by atoms with Crippen molar-refractivity contribution in [3.63, 3.8) is 0 Å². The summed E-state index contributed by atoms with van der Waals surface area (Å²) < 4.78 is 61.1. The first-order valence-electron chi connectivity index (χ1n) is 3.27. The van der Waals surface area contributed by atoms with Gasteiger partial charge in [-0.1, -0.05) is 7.43 Å². The molecule has 1 rings (SSSR count). The molecule has 0 atom stereocenters. The van der Waals surface area contributed by atoms with Crippen molar-refractivity contribution in [2.75, 3.05) is 5.34 Å². The monoisotopic (exact) mass is 278 g/mol. The molecule has 0 aromatic heterocycles. The second-order valence-corrected chi connectivity index (χ2v) is 2.89. The van der Waals surface area contributed by atoms with E-state index in [0.717, 1.165) is 0 Å². The van der Waals surface area contributed by atoms with Crippen LogP contribution in [-0.2, 0) is 0 Å². The van der Waals surface area contributed by atoms with Crippen LogP contribution >= 0.6 is 23.2 Å². The molecule has 1 aromatic carbocycles. The Morgan fingerprint density at radius 2 is 0.938 bits per heavy atom. The Morgan fingerprint density at radius 1 is 0.750 bits per heavy atom. The molecule has 0 saturated heterocycles. The van der Waals surface area contributed by atoms with Gasteiger partial charge in [-0.2, -0.15) is 0 Å². The molecule has 0 fully saturated rings. The van der Waals surface area contributed by atoms with Crippen molar-refractivity contribution in [2.45, 2.75) is 7.43 Å². The summed E-state index contributed by atoms with van der Waals surface area (Å²) in [4.78, 5) is 0. The van der Waals surface area contributed by atoms with Gasteiger partial charge in [0.1, 0.15) is 7.85 Å². The van der Waals surface area contributed by atoms with Gasteiger partial charge in [-0.3, -0.25) is 0 Å².